The Morgan fingerprint density at radius 1 is 1.35 bits per heavy atom. The van der Waals surface area contributed by atoms with E-state index in [0.717, 1.165) is 0 Å². The molecule has 0 aromatic carbocycles. The average molecular weight is 257 g/mol. The van der Waals surface area contributed by atoms with Gasteiger partial charge in [0.25, 0.3) is 0 Å². The monoisotopic (exact) mass is 257 g/mol. The molecule has 0 saturated carbocycles. The summed E-state index contributed by atoms with van der Waals surface area (Å²) in [6, 6.07) is 0. The van der Waals surface area contributed by atoms with E-state index in [1.54, 1.807) is 0 Å². The van der Waals surface area contributed by atoms with Gasteiger partial charge in [0.05, 0.1) is 0 Å². The van der Waals surface area contributed by atoms with E-state index in [1.807, 2.05) is 13.8 Å². The number of thiocarbonyl (C=S) groups is 1. The summed E-state index contributed by atoms with van der Waals surface area (Å²) >= 11 is 4.65. The zero-order valence-electron chi connectivity index (χ0n) is 9.70. The fourth-order valence-corrected chi connectivity index (χ4v) is 1.51. The molecule has 0 radical (unpaired) electrons. The molecule has 1 saturated heterocycles. The second-order valence-electron chi connectivity index (χ2n) is 4.26. The lowest BCUT2D eigenvalue weighted by Gasteiger charge is -2.22. The van der Waals surface area contributed by atoms with Crippen LogP contribution in [0.5, 0.6) is 0 Å². The van der Waals surface area contributed by atoms with E-state index in [0.29, 0.717) is 12.5 Å². The topological polar surface area (TPSA) is 87.3 Å². The van der Waals surface area contributed by atoms with Crippen LogP contribution in [-0.4, -0.2) is 29.4 Å². The van der Waals surface area contributed by atoms with Crippen LogP contribution in [0.4, 0.5) is 0 Å². The van der Waals surface area contributed by atoms with Gasteiger partial charge in [-0.05, 0) is 18.1 Å². The number of hydrogen-bond acceptors (Lipinski definition) is 4. The first-order valence-electron chi connectivity index (χ1n) is 5.32. The normalized spacial score (nSPS) is 16.8. The zero-order chi connectivity index (χ0) is 13.0. The van der Waals surface area contributed by atoms with Gasteiger partial charge in [-0.25, -0.2) is 0 Å². The molecule has 0 unspecified atom stereocenters. The van der Waals surface area contributed by atoms with Crippen molar-refractivity contribution in [2.75, 3.05) is 6.54 Å². The van der Waals surface area contributed by atoms with Crippen LogP contribution < -0.4 is 16.0 Å². The number of amides is 3. The number of carbonyl (C=O) groups excluding carboxylic acids is 3. The third-order valence-electron chi connectivity index (χ3n) is 2.20. The Balaban J connectivity index is 2.50. The van der Waals surface area contributed by atoms with E-state index in [9.17, 15) is 14.4 Å². The maximum Gasteiger partial charge on any atom is 0.239 e. The summed E-state index contributed by atoms with van der Waals surface area (Å²) in [5, 5.41) is 7.26. The molecule has 1 rings (SSSR count). The van der Waals surface area contributed by atoms with Gasteiger partial charge in [-0.1, -0.05) is 13.8 Å². The van der Waals surface area contributed by atoms with Gasteiger partial charge in [0.1, 0.15) is 5.92 Å². The summed E-state index contributed by atoms with van der Waals surface area (Å²) in [4.78, 5) is 34.4. The third kappa shape index (κ3) is 4.10. The molecule has 0 spiro atoms. The standard InChI is InChI=1S/C10H15N3O3S/c1-5(2)4-11-7(14)3-6-8(15)12-10(17)13-9(6)16/h5-6H,3-4H2,1-2H3,(H,11,14)(H2,12,13,15,16,17). The van der Waals surface area contributed by atoms with Crippen LogP contribution in [0, 0.1) is 11.8 Å². The van der Waals surface area contributed by atoms with Crippen LogP contribution >= 0.6 is 12.2 Å². The largest absolute Gasteiger partial charge is 0.356 e. The van der Waals surface area contributed by atoms with Crippen molar-refractivity contribution in [3.63, 3.8) is 0 Å². The molecule has 0 atom stereocenters. The van der Waals surface area contributed by atoms with Crippen LogP contribution in [0.1, 0.15) is 20.3 Å². The van der Waals surface area contributed by atoms with Crippen molar-refractivity contribution >= 4 is 35.1 Å². The minimum atomic E-state index is -1.01. The smallest absolute Gasteiger partial charge is 0.239 e. The highest BCUT2D eigenvalue weighted by atomic mass is 32.1. The quantitative estimate of drug-likeness (QED) is 0.459. The molecule has 0 aromatic heterocycles. The predicted octanol–water partition coefficient (Wildman–Crippen LogP) is -0.704. The highest BCUT2D eigenvalue weighted by Crippen LogP contribution is 2.07. The van der Waals surface area contributed by atoms with Crippen LogP contribution in [0.3, 0.4) is 0 Å². The molecule has 94 valence electrons. The Labute approximate surface area is 105 Å². The second kappa shape index (κ2) is 5.72. The summed E-state index contributed by atoms with van der Waals surface area (Å²) in [7, 11) is 0. The minimum Gasteiger partial charge on any atom is -0.356 e. The molecule has 3 amide bonds. The Bertz CT molecular complexity index is 348. The highest BCUT2D eigenvalue weighted by Gasteiger charge is 2.34. The molecule has 6 nitrogen and oxygen atoms in total. The summed E-state index contributed by atoms with van der Waals surface area (Å²) in [6.45, 7) is 4.44. The van der Waals surface area contributed by atoms with Gasteiger partial charge in [-0.2, -0.15) is 0 Å². The van der Waals surface area contributed by atoms with E-state index < -0.39 is 17.7 Å². The van der Waals surface area contributed by atoms with Crippen molar-refractivity contribution in [3.8, 4) is 0 Å². The Morgan fingerprint density at radius 3 is 2.35 bits per heavy atom. The van der Waals surface area contributed by atoms with Gasteiger partial charge >= 0.3 is 0 Å². The van der Waals surface area contributed by atoms with Crippen LogP contribution in [0.25, 0.3) is 0 Å². The maximum absolute atomic E-state index is 11.5. The molecule has 0 aliphatic carbocycles. The highest BCUT2D eigenvalue weighted by molar-refractivity contribution is 7.80. The molecule has 1 aliphatic rings. The first-order valence-corrected chi connectivity index (χ1v) is 5.73. The molecule has 1 aliphatic heterocycles. The van der Waals surface area contributed by atoms with E-state index in [2.05, 4.69) is 28.2 Å². The lowest BCUT2D eigenvalue weighted by atomic mass is 10.0. The second-order valence-corrected chi connectivity index (χ2v) is 4.67. The summed E-state index contributed by atoms with van der Waals surface area (Å²) in [6.07, 6.45) is -0.160. The molecule has 0 bridgehead atoms. The Kier molecular flexibility index (Phi) is 4.56. The van der Waals surface area contributed by atoms with Gasteiger partial charge in [0.15, 0.2) is 5.11 Å². The van der Waals surface area contributed by atoms with E-state index in [-0.39, 0.29) is 17.4 Å². The molecule has 1 heterocycles. The fourth-order valence-electron chi connectivity index (χ4n) is 1.31. The van der Waals surface area contributed by atoms with Gasteiger partial charge in [-0.3, -0.25) is 14.4 Å². The average Bonchev–Trinajstić information content (AvgIpc) is 2.20. The van der Waals surface area contributed by atoms with Crippen molar-refractivity contribution in [1.29, 1.82) is 0 Å². The van der Waals surface area contributed by atoms with E-state index in [4.69, 9.17) is 0 Å². The third-order valence-corrected chi connectivity index (χ3v) is 2.41. The SMILES string of the molecule is CC(C)CNC(=O)CC1C(=O)NC(=S)NC1=O. The number of carbonyl (C=O) groups is 3. The maximum atomic E-state index is 11.5. The van der Waals surface area contributed by atoms with Gasteiger partial charge < -0.3 is 16.0 Å². The lowest BCUT2D eigenvalue weighted by molar-refractivity contribution is -0.139. The summed E-state index contributed by atoms with van der Waals surface area (Å²) in [5.74, 6) is -2.06. The van der Waals surface area contributed by atoms with Gasteiger partial charge in [-0.15, -0.1) is 0 Å². The zero-order valence-corrected chi connectivity index (χ0v) is 10.5. The number of rotatable bonds is 4. The first kappa shape index (κ1) is 13.6. The molecule has 0 aromatic rings. The van der Waals surface area contributed by atoms with Crippen LogP contribution in [-0.2, 0) is 14.4 Å². The predicted molar refractivity (Wildman–Crippen MR) is 64.8 cm³/mol. The van der Waals surface area contributed by atoms with Crippen LogP contribution in [0.15, 0.2) is 0 Å². The van der Waals surface area contributed by atoms with Crippen LogP contribution in [0.2, 0.25) is 0 Å². The minimum absolute atomic E-state index is 0.0150. The lowest BCUT2D eigenvalue weighted by Crippen LogP contribution is -2.56. The molecule has 7 heteroatoms. The first-order chi connectivity index (χ1) is 7.90. The molecule has 1 fully saturated rings. The molecular weight excluding hydrogens is 242 g/mol. The molecule has 17 heavy (non-hydrogen) atoms. The molecule has 3 N–H and O–H groups in total. The Morgan fingerprint density at radius 2 is 1.88 bits per heavy atom. The van der Waals surface area contributed by atoms with E-state index in [1.165, 1.54) is 0 Å². The summed E-state index contributed by atoms with van der Waals surface area (Å²) < 4.78 is 0. The number of nitrogens with one attached hydrogen (secondary N) is 3. The summed E-state index contributed by atoms with van der Waals surface area (Å²) in [5.41, 5.74) is 0. The number of hydrogen-bond donors (Lipinski definition) is 3. The van der Waals surface area contributed by atoms with Crippen molar-refractivity contribution in [2.24, 2.45) is 11.8 Å². The molecular formula is C10H15N3O3S. The van der Waals surface area contributed by atoms with Crippen molar-refractivity contribution in [3.05, 3.63) is 0 Å². The van der Waals surface area contributed by atoms with Gasteiger partial charge in [0.2, 0.25) is 17.7 Å². The van der Waals surface area contributed by atoms with E-state index >= 15 is 0 Å². The Hall–Kier alpha value is -1.50. The van der Waals surface area contributed by atoms with Crippen molar-refractivity contribution < 1.29 is 14.4 Å². The van der Waals surface area contributed by atoms with Crippen molar-refractivity contribution in [2.45, 2.75) is 20.3 Å². The fraction of sp³-hybridized carbons (Fsp3) is 0.600. The van der Waals surface area contributed by atoms with Gasteiger partial charge in [0, 0.05) is 13.0 Å². The van der Waals surface area contributed by atoms with Crippen molar-refractivity contribution in [1.82, 2.24) is 16.0 Å².